The van der Waals surface area contributed by atoms with Crippen LogP contribution in [-0.2, 0) is 16.0 Å². The number of amides is 2. The molecule has 2 atom stereocenters. The first-order chi connectivity index (χ1) is 12.1. The van der Waals surface area contributed by atoms with Gasteiger partial charge in [-0.1, -0.05) is 30.3 Å². The standard InChI is InChI=1S/C17H26N4O4/c18-6-7-19-8-9-20-17(24)25-16-11-14(22)12-21(16)15(23)10-13-4-2-1-3-5-13/h1-5,14,16,19,22H,6-12,18H2,(H,20,24)/t14-,16-/m1/s1. The molecule has 1 aromatic rings. The second-order valence-corrected chi connectivity index (χ2v) is 5.92. The first-order valence-electron chi connectivity index (χ1n) is 8.47. The fraction of sp³-hybridized carbons (Fsp3) is 0.529. The van der Waals surface area contributed by atoms with Crippen LogP contribution >= 0.6 is 0 Å². The monoisotopic (exact) mass is 350 g/mol. The van der Waals surface area contributed by atoms with Gasteiger partial charge < -0.3 is 31.1 Å². The summed E-state index contributed by atoms with van der Waals surface area (Å²) in [5.74, 6) is -0.176. The van der Waals surface area contributed by atoms with E-state index in [2.05, 4.69) is 10.6 Å². The zero-order valence-electron chi connectivity index (χ0n) is 14.2. The highest BCUT2D eigenvalue weighted by Crippen LogP contribution is 2.20. The second kappa shape index (κ2) is 9.97. The molecule has 25 heavy (non-hydrogen) atoms. The summed E-state index contributed by atoms with van der Waals surface area (Å²) in [6, 6.07) is 9.33. The van der Waals surface area contributed by atoms with Crippen LogP contribution in [0.1, 0.15) is 12.0 Å². The lowest BCUT2D eigenvalue weighted by atomic mass is 10.1. The van der Waals surface area contributed by atoms with Crippen molar-refractivity contribution < 1.29 is 19.4 Å². The Labute approximate surface area is 147 Å². The van der Waals surface area contributed by atoms with E-state index in [1.165, 1.54) is 4.90 Å². The van der Waals surface area contributed by atoms with Gasteiger partial charge >= 0.3 is 6.09 Å². The molecule has 2 rings (SSSR count). The molecule has 1 heterocycles. The van der Waals surface area contributed by atoms with Crippen LogP contribution < -0.4 is 16.4 Å². The number of aliphatic hydroxyl groups excluding tert-OH is 1. The number of nitrogens with two attached hydrogens (primary N) is 1. The number of alkyl carbamates (subject to hydrolysis) is 1. The van der Waals surface area contributed by atoms with Crippen LogP contribution in [0.3, 0.4) is 0 Å². The summed E-state index contributed by atoms with van der Waals surface area (Å²) in [5.41, 5.74) is 6.23. The summed E-state index contributed by atoms with van der Waals surface area (Å²) in [6.07, 6.45) is -1.62. The number of nitrogens with zero attached hydrogens (tertiary/aromatic N) is 1. The Bertz CT molecular complexity index is 555. The first-order valence-corrected chi connectivity index (χ1v) is 8.47. The van der Waals surface area contributed by atoms with E-state index in [1.54, 1.807) is 0 Å². The number of benzene rings is 1. The van der Waals surface area contributed by atoms with Crippen LogP contribution in [0.15, 0.2) is 30.3 Å². The van der Waals surface area contributed by atoms with E-state index in [0.717, 1.165) is 5.56 Å². The number of carbonyl (C=O) groups excluding carboxylic acids is 2. The normalized spacial score (nSPS) is 19.7. The summed E-state index contributed by atoms with van der Waals surface area (Å²) in [6.45, 7) is 2.35. The maximum absolute atomic E-state index is 12.5. The molecule has 2 amide bonds. The maximum atomic E-state index is 12.5. The van der Waals surface area contributed by atoms with E-state index in [9.17, 15) is 14.7 Å². The van der Waals surface area contributed by atoms with Crippen molar-refractivity contribution in [1.82, 2.24) is 15.5 Å². The zero-order chi connectivity index (χ0) is 18.1. The van der Waals surface area contributed by atoms with Gasteiger partial charge in [-0.2, -0.15) is 0 Å². The van der Waals surface area contributed by atoms with E-state index in [0.29, 0.717) is 26.2 Å². The SMILES string of the molecule is NCCNCCNC(=O)O[C@@H]1C[C@@H](O)CN1C(=O)Cc1ccccc1. The van der Waals surface area contributed by atoms with Gasteiger partial charge in [-0.3, -0.25) is 4.79 Å². The molecule has 5 N–H and O–H groups in total. The van der Waals surface area contributed by atoms with Gasteiger partial charge in [-0.05, 0) is 5.56 Å². The van der Waals surface area contributed by atoms with Crippen molar-refractivity contribution in [2.75, 3.05) is 32.7 Å². The highest BCUT2D eigenvalue weighted by atomic mass is 16.6. The molecule has 0 radical (unpaired) electrons. The van der Waals surface area contributed by atoms with E-state index < -0.39 is 18.4 Å². The Kier molecular flexibility index (Phi) is 7.65. The molecular formula is C17H26N4O4. The molecule has 1 fully saturated rings. The second-order valence-electron chi connectivity index (χ2n) is 5.92. The number of hydrogen-bond acceptors (Lipinski definition) is 6. The summed E-state index contributed by atoms with van der Waals surface area (Å²) in [4.78, 5) is 25.7. The van der Waals surface area contributed by atoms with Crippen LogP contribution in [0.5, 0.6) is 0 Å². The average Bonchev–Trinajstić information content (AvgIpc) is 2.96. The molecule has 138 valence electrons. The molecule has 1 saturated heterocycles. The maximum Gasteiger partial charge on any atom is 0.409 e. The third-order valence-corrected chi connectivity index (χ3v) is 3.88. The van der Waals surface area contributed by atoms with Crippen molar-refractivity contribution in [3.63, 3.8) is 0 Å². The Morgan fingerprint density at radius 2 is 2.00 bits per heavy atom. The van der Waals surface area contributed by atoms with Gasteiger partial charge in [-0.15, -0.1) is 0 Å². The predicted molar refractivity (Wildman–Crippen MR) is 92.7 cm³/mol. The minimum absolute atomic E-state index is 0.168. The lowest BCUT2D eigenvalue weighted by molar-refractivity contribution is -0.137. The molecule has 1 aliphatic rings. The van der Waals surface area contributed by atoms with Crippen molar-refractivity contribution in [1.29, 1.82) is 0 Å². The number of hydrogen-bond donors (Lipinski definition) is 4. The van der Waals surface area contributed by atoms with Gasteiger partial charge in [0.05, 0.1) is 19.1 Å². The number of β-amino-alcohol motifs (C(OH)–C–C–N with tert-alkyl or cyclic N) is 1. The van der Waals surface area contributed by atoms with Gasteiger partial charge in [0.2, 0.25) is 5.91 Å². The van der Waals surface area contributed by atoms with Crippen molar-refractivity contribution in [3.8, 4) is 0 Å². The molecule has 1 aliphatic heterocycles. The van der Waals surface area contributed by atoms with Crippen LogP contribution in [-0.4, -0.2) is 67.1 Å². The lowest BCUT2D eigenvalue weighted by Gasteiger charge is -2.24. The number of ether oxygens (including phenoxy) is 1. The van der Waals surface area contributed by atoms with Crippen LogP contribution in [0.2, 0.25) is 0 Å². The quantitative estimate of drug-likeness (QED) is 0.466. The average molecular weight is 350 g/mol. The lowest BCUT2D eigenvalue weighted by Crippen LogP contribution is -2.42. The van der Waals surface area contributed by atoms with Crippen LogP contribution in [0.4, 0.5) is 4.79 Å². The highest BCUT2D eigenvalue weighted by Gasteiger charge is 2.36. The molecule has 0 aromatic heterocycles. The molecule has 8 heteroatoms. The molecule has 0 spiro atoms. The Hall–Kier alpha value is -2.16. The van der Waals surface area contributed by atoms with Crippen LogP contribution in [0, 0.1) is 0 Å². The Balaban J connectivity index is 1.81. The van der Waals surface area contributed by atoms with E-state index in [1.807, 2.05) is 30.3 Å². The summed E-state index contributed by atoms with van der Waals surface area (Å²) in [7, 11) is 0. The molecule has 8 nitrogen and oxygen atoms in total. The number of nitrogens with one attached hydrogen (secondary N) is 2. The smallest absolute Gasteiger partial charge is 0.409 e. The molecule has 0 bridgehead atoms. The zero-order valence-corrected chi connectivity index (χ0v) is 14.2. The summed E-state index contributed by atoms with van der Waals surface area (Å²) < 4.78 is 5.30. The Morgan fingerprint density at radius 3 is 2.72 bits per heavy atom. The van der Waals surface area contributed by atoms with Gasteiger partial charge in [0.15, 0.2) is 6.23 Å². The summed E-state index contributed by atoms with van der Waals surface area (Å²) in [5, 5.41) is 15.5. The first kappa shape index (κ1) is 19.2. The molecular weight excluding hydrogens is 324 g/mol. The number of likely N-dealkylation sites (tertiary alicyclic amines) is 1. The molecule has 0 saturated carbocycles. The Morgan fingerprint density at radius 1 is 1.24 bits per heavy atom. The van der Waals surface area contributed by atoms with E-state index in [4.69, 9.17) is 10.5 Å². The minimum atomic E-state index is -0.747. The molecule has 0 unspecified atom stereocenters. The summed E-state index contributed by atoms with van der Waals surface area (Å²) >= 11 is 0. The largest absolute Gasteiger partial charge is 0.425 e. The third-order valence-electron chi connectivity index (χ3n) is 3.88. The fourth-order valence-electron chi connectivity index (χ4n) is 2.67. The van der Waals surface area contributed by atoms with Crippen molar-refractivity contribution in [2.24, 2.45) is 5.73 Å². The number of rotatable bonds is 8. The third kappa shape index (κ3) is 6.33. The van der Waals surface area contributed by atoms with Crippen LogP contribution in [0.25, 0.3) is 0 Å². The van der Waals surface area contributed by atoms with Gasteiger partial charge in [0.1, 0.15) is 0 Å². The number of aliphatic hydroxyl groups is 1. The number of carbonyl (C=O) groups is 2. The topological polar surface area (TPSA) is 117 Å². The van der Waals surface area contributed by atoms with Gasteiger partial charge in [0.25, 0.3) is 0 Å². The predicted octanol–water partition coefficient (Wildman–Crippen LogP) is -0.577. The van der Waals surface area contributed by atoms with E-state index in [-0.39, 0.29) is 25.3 Å². The van der Waals surface area contributed by atoms with Gasteiger partial charge in [0, 0.05) is 32.6 Å². The molecule has 0 aliphatic carbocycles. The highest BCUT2D eigenvalue weighted by molar-refractivity contribution is 5.79. The van der Waals surface area contributed by atoms with Gasteiger partial charge in [-0.25, -0.2) is 4.79 Å². The molecule has 1 aromatic carbocycles. The van der Waals surface area contributed by atoms with Crippen molar-refractivity contribution in [2.45, 2.75) is 25.2 Å². The minimum Gasteiger partial charge on any atom is -0.425 e. The van der Waals surface area contributed by atoms with E-state index >= 15 is 0 Å². The van der Waals surface area contributed by atoms with Crippen molar-refractivity contribution in [3.05, 3.63) is 35.9 Å². The van der Waals surface area contributed by atoms with Crippen molar-refractivity contribution >= 4 is 12.0 Å². The fourth-order valence-corrected chi connectivity index (χ4v) is 2.67.